The lowest BCUT2D eigenvalue weighted by Crippen LogP contribution is -2.56. The Bertz CT molecular complexity index is 606. The molecule has 1 aliphatic carbocycles. The van der Waals surface area contributed by atoms with E-state index < -0.39 is 0 Å². The number of hydrogen-bond donors (Lipinski definition) is 0. The Morgan fingerprint density at radius 1 is 1.48 bits per heavy atom. The Balaban J connectivity index is 1.64. The number of carbonyl (C=O) groups excluding carboxylic acids is 1. The monoisotopic (exact) mass is 349 g/mol. The molecule has 1 amide bonds. The highest BCUT2D eigenvalue weighted by atomic mass is 19.1. The molecule has 1 aromatic carbocycles. The van der Waals surface area contributed by atoms with E-state index in [2.05, 4.69) is 0 Å². The molecule has 138 valence electrons. The summed E-state index contributed by atoms with van der Waals surface area (Å²) in [6, 6.07) is 6.28. The van der Waals surface area contributed by atoms with Gasteiger partial charge >= 0.3 is 0 Å². The first kappa shape index (κ1) is 18.3. The largest absolute Gasteiger partial charge is 0.378 e. The number of rotatable bonds is 5. The maximum absolute atomic E-state index is 13.3. The first-order valence-electron chi connectivity index (χ1n) is 9.26. The van der Waals surface area contributed by atoms with Gasteiger partial charge in [0.05, 0.1) is 37.9 Å². The lowest BCUT2D eigenvalue weighted by atomic mass is 9.89. The van der Waals surface area contributed by atoms with Gasteiger partial charge in [0, 0.05) is 12.5 Å². The molecule has 2 fully saturated rings. The van der Waals surface area contributed by atoms with Gasteiger partial charge in [-0.1, -0.05) is 18.6 Å². The van der Waals surface area contributed by atoms with E-state index in [1.54, 1.807) is 12.1 Å². The zero-order chi connectivity index (χ0) is 17.9. The van der Waals surface area contributed by atoms with E-state index >= 15 is 0 Å². The van der Waals surface area contributed by atoms with Gasteiger partial charge in [-0.2, -0.15) is 0 Å². The second-order valence-corrected chi connectivity index (χ2v) is 7.51. The van der Waals surface area contributed by atoms with Gasteiger partial charge in [-0.3, -0.25) is 4.79 Å². The number of nitrogens with zero attached hydrogens (tertiary/aromatic N) is 1. The summed E-state index contributed by atoms with van der Waals surface area (Å²) in [5.41, 5.74) is 0.446. The van der Waals surface area contributed by atoms with Crippen LogP contribution in [0.15, 0.2) is 24.3 Å². The van der Waals surface area contributed by atoms with Crippen LogP contribution in [0.5, 0.6) is 0 Å². The minimum atomic E-state index is -0.301. The van der Waals surface area contributed by atoms with Crippen LogP contribution in [0.25, 0.3) is 0 Å². The Hall–Kier alpha value is -1.46. The normalized spacial score (nSPS) is 26.6. The van der Waals surface area contributed by atoms with Crippen molar-refractivity contribution in [2.75, 3.05) is 26.3 Å². The van der Waals surface area contributed by atoms with Gasteiger partial charge in [0.15, 0.2) is 0 Å². The second-order valence-electron chi connectivity index (χ2n) is 7.51. The quantitative estimate of drug-likeness (QED) is 0.819. The van der Waals surface area contributed by atoms with Crippen LogP contribution in [0.3, 0.4) is 0 Å². The van der Waals surface area contributed by atoms with Gasteiger partial charge in [-0.25, -0.2) is 4.39 Å². The van der Waals surface area contributed by atoms with Gasteiger partial charge in [0.1, 0.15) is 5.82 Å². The number of morpholine rings is 1. The fraction of sp³-hybridized carbons (Fsp3) is 0.650. The van der Waals surface area contributed by atoms with Crippen LogP contribution >= 0.6 is 0 Å². The number of hydrogen-bond acceptors (Lipinski definition) is 3. The van der Waals surface area contributed by atoms with Gasteiger partial charge in [-0.05, 0) is 44.4 Å². The summed E-state index contributed by atoms with van der Waals surface area (Å²) in [5.74, 6) is 0.0776. The van der Waals surface area contributed by atoms with Crippen molar-refractivity contribution >= 4 is 5.91 Å². The zero-order valence-corrected chi connectivity index (χ0v) is 15.2. The van der Waals surface area contributed by atoms with E-state index in [0.717, 1.165) is 24.8 Å². The third kappa shape index (κ3) is 4.39. The minimum Gasteiger partial charge on any atom is -0.378 e. The highest BCUT2D eigenvalue weighted by Gasteiger charge is 2.47. The molecule has 0 aromatic heterocycles. The molecular formula is C20H28FNO3. The molecule has 25 heavy (non-hydrogen) atoms. The minimum absolute atomic E-state index is 0.0451. The van der Waals surface area contributed by atoms with Crippen molar-refractivity contribution in [2.24, 2.45) is 5.92 Å². The topological polar surface area (TPSA) is 38.8 Å². The van der Waals surface area contributed by atoms with Crippen LogP contribution < -0.4 is 0 Å². The number of benzene rings is 1. The summed E-state index contributed by atoms with van der Waals surface area (Å²) in [6.45, 7) is 6.55. The van der Waals surface area contributed by atoms with Crippen LogP contribution in [-0.4, -0.2) is 48.8 Å². The maximum Gasteiger partial charge on any atom is 0.227 e. The molecule has 5 heteroatoms. The molecule has 1 saturated carbocycles. The summed E-state index contributed by atoms with van der Waals surface area (Å²) < 4.78 is 25.4. The van der Waals surface area contributed by atoms with Crippen molar-refractivity contribution in [1.82, 2.24) is 4.90 Å². The summed E-state index contributed by atoms with van der Waals surface area (Å²) >= 11 is 0. The van der Waals surface area contributed by atoms with E-state index in [4.69, 9.17) is 9.47 Å². The fourth-order valence-electron chi connectivity index (χ4n) is 4.01. The number of ether oxygens (including phenoxy) is 2. The van der Waals surface area contributed by atoms with E-state index in [1.165, 1.54) is 12.1 Å². The van der Waals surface area contributed by atoms with Crippen molar-refractivity contribution in [3.63, 3.8) is 0 Å². The van der Waals surface area contributed by atoms with Crippen LogP contribution in [0.4, 0.5) is 4.39 Å². The molecular weight excluding hydrogens is 321 g/mol. The third-order valence-corrected chi connectivity index (χ3v) is 5.33. The Labute approximate surface area is 149 Å². The Kier molecular flexibility index (Phi) is 5.74. The third-order valence-electron chi connectivity index (χ3n) is 5.33. The Morgan fingerprint density at radius 3 is 3.08 bits per heavy atom. The van der Waals surface area contributed by atoms with E-state index in [9.17, 15) is 9.18 Å². The summed E-state index contributed by atoms with van der Waals surface area (Å²) in [6.07, 6.45) is 3.60. The van der Waals surface area contributed by atoms with Crippen LogP contribution in [0.1, 0.15) is 38.7 Å². The van der Waals surface area contributed by atoms with Crippen molar-refractivity contribution in [3.05, 3.63) is 35.6 Å². The fourth-order valence-corrected chi connectivity index (χ4v) is 4.01. The first-order valence-corrected chi connectivity index (χ1v) is 9.26. The summed E-state index contributed by atoms with van der Waals surface area (Å²) in [5, 5.41) is 0. The molecule has 0 N–H and O–H groups in total. The van der Waals surface area contributed by atoms with Crippen molar-refractivity contribution in [3.8, 4) is 0 Å². The number of amides is 1. The highest BCUT2D eigenvalue weighted by Crippen LogP contribution is 2.41. The van der Waals surface area contributed by atoms with Gasteiger partial charge in [0.25, 0.3) is 0 Å². The van der Waals surface area contributed by atoms with E-state index in [0.29, 0.717) is 32.2 Å². The molecule has 1 aliphatic heterocycles. The molecule has 1 heterocycles. The van der Waals surface area contributed by atoms with Gasteiger partial charge in [-0.15, -0.1) is 0 Å². The van der Waals surface area contributed by atoms with Crippen LogP contribution in [0, 0.1) is 11.7 Å². The second kappa shape index (κ2) is 7.83. The molecule has 4 nitrogen and oxygen atoms in total. The maximum atomic E-state index is 13.3. The lowest BCUT2D eigenvalue weighted by Gasteiger charge is -2.44. The van der Waals surface area contributed by atoms with Crippen LogP contribution in [-0.2, 0) is 20.7 Å². The summed E-state index contributed by atoms with van der Waals surface area (Å²) in [4.78, 5) is 14.6. The van der Waals surface area contributed by atoms with E-state index in [-0.39, 0.29) is 29.9 Å². The predicted molar refractivity (Wildman–Crippen MR) is 93.8 cm³/mol. The molecule has 2 atom stereocenters. The van der Waals surface area contributed by atoms with Crippen molar-refractivity contribution in [1.29, 1.82) is 0 Å². The average molecular weight is 349 g/mol. The molecule has 0 radical (unpaired) electrons. The molecule has 1 spiro atoms. The lowest BCUT2D eigenvalue weighted by molar-refractivity contribution is -0.162. The number of carbonyl (C=O) groups is 1. The molecule has 0 unspecified atom stereocenters. The van der Waals surface area contributed by atoms with E-state index in [1.807, 2.05) is 18.7 Å². The standard InChI is InChI=1S/C20H28FNO3/c1-15(2)24-13-17-6-4-8-20(17)14-22(9-10-25-20)19(23)12-16-5-3-7-18(21)11-16/h3,5,7,11,15,17H,4,6,8-10,12-14H2,1-2H3/t17-,20+/m1/s1. The highest BCUT2D eigenvalue weighted by molar-refractivity contribution is 5.79. The molecule has 1 aromatic rings. The molecule has 1 saturated heterocycles. The average Bonchev–Trinajstić information content (AvgIpc) is 2.94. The first-order chi connectivity index (χ1) is 12.0. The molecule has 3 rings (SSSR count). The van der Waals surface area contributed by atoms with Gasteiger partial charge < -0.3 is 14.4 Å². The predicted octanol–water partition coefficient (Wildman–Crippen LogP) is 3.19. The number of halogens is 1. The molecule has 0 bridgehead atoms. The smallest absolute Gasteiger partial charge is 0.227 e. The zero-order valence-electron chi connectivity index (χ0n) is 15.2. The molecule has 2 aliphatic rings. The van der Waals surface area contributed by atoms with Gasteiger partial charge in [0.2, 0.25) is 5.91 Å². The van der Waals surface area contributed by atoms with Crippen LogP contribution in [0.2, 0.25) is 0 Å². The van der Waals surface area contributed by atoms with Crippen molar-refractivity contribution in [2.45, 2.75) is 51.2 Å². The Morgan fingerprint density at radius 2 is 2.32 bits per heavy atom. The SMILES string of the molecule is CC(C)OC[C@H]1CCC[C@]12CN(C(=O)Cc1cccc(F)c1)CCO2. The van der Waals surface area contributed by atoms with Crippen molar-refractivity contribution < 1.29 is 18.7 Å². The summed E-state index contributed by atoms with van der Waals surface area (Å²) in [7, 11) is 0.